The Morgan fingerprint density at radius 2 is 0.559 bits per heavy atom. The maximum absolute atomic E-state index is 2.56. The van der Waals surface area contributed by atoms with E-state index >= 15 is 0 Å². The molecule has 0 fully saturated rings. The van der Waals surface area contributed by atoms with E-state index in [1.165, 1.54) is 130 Å². The van der Waals surface area contributed by atoms with Gasteiger partial charge in [-0.1, -0.05) is 253 Å². The summed E-state index contributed by atoms with van der Waals surface area (Å²) in [5, 5.41) is 20.6. The fourth-order valence-corrected chi connectivity index (χ4v) is 16.4. The zero-order valence-corrected chi connectivity index (χ0v) is 45.2. The van der Waals surface area contributed by atoms with Crippen LogP contribution >= 0.6 is 0 Å². The van der Waals surface area contributed by atoms with Crippen LogP contribution in [0, 0.1) is 0 Å². The molecule has 0 unspecified atom stereocenters. The van der Waals surface area contributed by atoms with Gasteiger partial charge in [0.1, 0.15) is 0 Å². The smallest absolute Gasteiger partial charge is 0.0656 e. The van der Waals surface area contributed by atoms with Crippen LogP contribution in [0.15, 0.2) is 170 Å². The molecule has 0 aliphatic rings. The van der Waals surface area contributed by atoms with E-state index in [0.29, 0.717) is 0 Å². The molecule has 68 heavy (non-hydrogen) atoms. The second kappa shape index (κ2) is 15.7. The lowest BCUT2D eigenvalue weighted by atomic mass is 9.80. The topological polar surface area (TPSA) is 0 Å². The Balaban J connectivity index is 1.33. The minimum Gasteiger partial charge on any atom is -0.0656 e. The average Bonchev–Trinajstić information content (AvgIpc) is 3.30. The summed E-state index contributed by atoms with van der Waals surface area (Å²) in [6, 6.07) is 66.7. The Hall–Kier alpha value is -6.11. The standard InChI is InChI=1S/C65H64Si3/c1-65(2,3)42-27-25-41(26-28-42)56-39-57(46-33-36-60(66(4,5)6)49-22-16-13-19-43(46)49)53-31-32-55-59(48-35-38-62(68(10,11)12)51-24-18-15-21-45(48)51)40-58(54-30-29-52(56)63(53)64(54)55)47-34-37-61(67(7,8)9)50-23-17-14-20-44(47)50/h13-40H,1-12H3. The van der Waals surface area contributed by atoms with Gasteiger partial charge in [-0.05, 0) is 132 Å². The van der Waals surface area contributed by atoms with Crippen molar-refractivity contribution >= 4 is 104 Å². The Morgan fingerprint density at radius 3 is 0.868 bits per heavy atom. The predicted molar refractivity (Wildman–Crippen MR) is 312 cm³/mol. The Bertz CT molecular complexity index is 3690. The second-order valence-electron chi connectivity index (χ2n) is 23.7. The van der Waals surface area contributed by atoms with Gasteiger partial charge in [-0.2, -0.15) is 0 Å². The molecule has 0 bridgehead atoms. The zero-order chi connectivity index (χ0) is 47.7. The molecule has 0 N–H and O–H groups in total. The van der Waals surface area contributed by atoms with Gasteiger partial charge >= 0.3 is 0 Å². The maximum atomic E-state index is 2.56. The second-order valence-corrected chi connectivity index (χ2v) is 38.8. The highest BCUT2D eigenvalue weighted by atomic mass is 28.3. The highest BCUT2D eigenvalue weighted by Gasteiger charge is 2.27. The van der Waals surface area contributed by atoms with Gasteiger partial charge in [-0.15, -0.1) is 0 Å². The van der Waals surface area contributed by atoms with Gasteiger partial charge < -0.3 is 0 Å². The van der Waals surface area contributed by atoms with Crippen molar-refractivity contribution in [2.75, 3.05) is 0 Å². The van der Waals surface area contributed by atoms with Crippen molar-refractivity contribution in [1.29, 1.82) is 0 Å². The number of hydrogen-bond donors (Lipinski definition) is 0. The fourth-order valence-electron chi connectivity index (χ4n) is 11.6. The minimum atomic E-state index is -1.66. The van der Waals surface area contributed by atoms with Gasteiger partial charge in [0.2, 0.25) is 0 Å². The number of rotatable bonds is 7. The largest absolute Gasteiger partial charge is 0.0784 e. The summed E-state index contributed by atoms with van der Waals surface area (Å²) in [7, 11) is -4.98. The van der Waals surface area contributed by atoms with E-state index in [1.807, 2.05) is 0 Å². The molecule has 0 spiro atoms. The van der Waals surface area contributed by atoms with E-state index < -0.39 is 24.2 Å². The lowest BCUT2D eigenvalue weighted by Crippen LogP contribution is -2.38. The Labute approximate surface area is 407 Å². The van der Waals surface area contributed by atoms with Gasteiger partial charge in [-0.25, -0.2) is 0 Å². The van der Waals surface area contributed by atoms with E-state index in [4.69, 9.17) is 0 Å². The first-order valence-corrected chi connectivity index (χ1v) is 35.3. The third kappa shape index (κ3) is 7.20. The van der Waals surface area contributed by atoms with Gasteiger partial charge in [-0.3, -0.25) is 0 Å². The van der Waals surface area contributed by atoms with Crippen molar-refractivity contribution in [2.24, 2.45) is 0 Å². The van der Waals surface area contributed by atoms with Crippen molar-refractivity contribution in [3.8, 4) is 44.5 Å². The minimum absolute atomic E-state index is 0.0606. The van der Waals surface area contributed by atoms with Crippen molar-refractivity contribution in [1.82, 2.24) is 0 Å². The van der Waals surface area contributed by atoms with Gasteiger partial charge in [0.05, 0.1) is 24.2 Å². The van der Waals surface area contributed by atoms with Gasteiger partial charge in [0.15, 0.2) is 0 Å². The lowest BCUT2D eigenvalue weighted by Gasteiger charge is -2.25. The molecule has 0 heterocycles. The summed E-state index contributed by atoms with van der Waals surface area (Å²) < 4.78 is 0. The van der Waals surface area contributed by atoms with Crippen LogP contribution in [0.2, 0.25) is 58.9 Å². The van der Waals surface area contributed by atoms with E-state index in [9.17, 15) is 0 Å². The monoisotopic (exact) mass is 928 g/mol. The van der Waals surface area contributed by atoms with Crippen LogP contribution in [-0.4, -0.2) is 24.2 Å². The van der Waals surface area contributed by atoms with Crippen LogP contribution in [-0.2, 0) is 5.41 Å². The van der Waals surface area contributed by atoms with Crippen LogP contribution in [0.1, 0.15) is 26.3 Å². The molecule has 0 aliphatic heterocycles. The molecule has 0 saturated carbocycles. The first-order valence-electron chi connectivity index (χ1n) is 24.8. The van der Waals surface area contributed by atoms with E-state index in [0.717, 1.165) is 0 Å². The number of fused-ring (bicyclic) bond motifs is 3. The normalized spacial score (nSPS) is 13.0. The van der Waals surface area contributed by atoms with Crippen molar-refractivity contribution in [2.45, 2.75) is 85.1 Å². The maximum Gasteiger partial charge on any atom is 0.0784 e. The van der Waals surface area contributed by atoms with Crippen LogP contribution in [0.3, 0.4) is 0 Å². The van der Waals surface area contributed by atoms with Crippen LogP contribution in [0.25, 0.3) is 109 Å². The lowest BCUT2D eigenvalue weighted by molar-refractivity contribution is 0.590. The molecule has 11 rings (SSSR count). The summed E-state index contributed by atoms with van der Waals surface area (Å²) in [6.07, 6.45) is 0. The molecule has 0 nitrogen and oxygen atoms in total. The molecule has 0 radical (unpaired) electrons. The van der Waals surface area contributed by atoms with Gasteiger partial charge in [0, 0.05) is 0 Å². The third-order valence-electron chi connectivity index (χ3n) is 15.0. The summed E-state index contributed by atoms with van der Waals surface area (Å²) in [5.41, 5.74) is 11.7. The molecular formula is C65H64Si3. The average molecular weight is 929 g/mol. The van der Waals surface area contributed by atoms with Crippen LogP contribution in [0.5, 0.6) is 0 Å². The fraction of sp³-hybridized carbons (Fsp3) is 0.200. The van der Waals surface area contributed by atoms with Crippen molar-refractivity contribution < 1.29 is 0 Å². The Morgan fingerprint density at radius 1 is 0.265 bits per heavy atom. The molecule has 0 amide bonds. The molecule has 336 valence electrons. The van der Waals surface area contributed by atoms with Crippen LogP contribution in [0.4, 0.5) is 0 Å². The molecule has 0 saturated heterocycles. The Kier molecular flexibility index (Phi) is 10.3. The van der Waals surface area contributed by atoms with Crippen molar-refractivity contribution in [3.05, 3.63) is 175 Å². The highest BCUT2D eigenvalue weighted by Crippen LogP contribution is 2.50. The third-order valence-corrected chi connectivity index (χ3v) is 21.2. The highest BCUT2D eigenvalue weighted by molar-refractivity contribution is 6.91. The summed E-state index contributed by atoms with van der Waals surface area (Å²) in [5.74, 6) is 0. The molecule has 11 aromatic carbocycles. The summed E-state index contributed by atoms with van der Waals surface area (Å²) >= 11 is 0. The molecule has 3 heteroatoms. The molecule has 0 aromatic heterocycles. The first-order chi connectivity index (χ1) is 32.3. The molecular weight excluding hydrogens is 865 g/mol. The van der Waals surface area contributed by atoms with Crippen LogP contribution < -0.4 is 15.6 Å². The SMILES string of the molecule is CC(C)(C)c1ccc(-c2cc(-c3ccc([Si](C)(C)C)c4ccccc34)c3ccc4c(-c5ccc([Si](C)(C)C)c6ccccc56)cc(-c5ccc([Si](C)(C)C)c6ccccc56)c5ccc2c3c54)cc1. The first kappa shape index (κ1) is 44.4. The van der Waals surface area contributed by atoms with Gasteiger partial charge in [0.25, 0.3) is 0 Å². The van der Waals surface area contributed by atoms with E-state index in [2.05, 4.69) is 250 Å². The van der Waals surface area contributed by atoms with E-state index in [-0.39, 0.29) is 5.41 Å². The number of hydrogen-bond acceptors (Lipinski definition) is 0. The predicted octanol–water partition coefficient (Wildman–Crippen LogP) is 17.6. The molecule has 0 atom stereocenters. The van der Waals surface area contributed by atoms with Crippen molar-refractivity contribution in [3.63, 3.8) is 0 Å². The summed E-state index contributed by atoms with van der Waals surface area (Å²) in [4.78, 5) is 0. The quantitative estimate of drug-likeness (QED) is 0.110. The van der Waals surface area contributed by atoms with E-state index in [1.54, 1.807) is 0 Å². The zero-order valence-electron chi connectivity index (χ0n) is 42.2. The molecule has 0 aliphatic carbocycles. The molecule has 11 aromatic rings. The summed E-state index contributed by atoms with van der Waals surface area (Å²) in [6.45, 7) is 29.2. The number of benzene rings is 11.